The van der Waals surface area contributed by atoms with Crippen LogP contribution in [0.3, 0.4) is 0 Å². The van der Waals surface area contributed by atoms with E-state index in [0.717, 1.165) is 36.8 Å². The number of carbonyl (C=O) groups excluding carboxylic acids is 1. The monoisotopic (exact) mass is 365 g/mol. The predicted molar refractivity (Wildman–Crippen MR) is 97.6 cm³/mol. The zero-order chi connectivity index (χ0) is 18.0. The average Bonchev–Trinajstić information content (AvgIpc) is 3.15. The van der Waals surface area contributed by atoms with E-state index < -0.39 is 9.84 Å². The van der Waals surface area contributed by atoms with Crippen LogP contribution < -0.4 is 4.74 Å². The molecule has 25 heavy (non-hydrogen) atoms. The lowest BCUT2D eigenvalue weighted by Crippen LogP contribution is -2.48. The first-order chi connectivity index (χ1) is 11.8. The Kier molecular flexibility index (Phi) is 5.37. The molecule has 5 nitrogen and oxygen atoms in total. The van der Waals surface area contributed by atoms with Crippen LogP contribution in [0.1, 0.15) is 43.2 Å². The van der Waals surface area contributed by atoms with E-state index in [0.29, 0.717) is 12.2 Å². The van der Waals surface area contributed by atoms with Crippen LogP contribution in [0.25, 0.3) is 0 Å². The van der Waals surface area contributed by atoms with Gasteiger partial charge in [-0.15, -0.1) is 0 Å². The molecule has 1 saturated carbocycles. The number of rotatable bonds is 5. The average molecular weight is 365 g/mol. The number of amides is 1. The van der Waals surface area contributed by atoms with Gasteiger partial charge < -0.3 is 9.64 Å². The Bertz CT molecular complexity index is 718. The van der Waals surface area contributed by atoms with Crippen LogP contribution in [0.15, 0.2) is 18.2 Å². The van der Waals surface area contributed by atoms with E-state index in [-0.39, 0.29) is 36.1 Å². The third-order valence-corrected chi connectivity index (χ3v) is 6.92. The topological polar surface area (TPSA) is 63.7 Å². The largest absolute Gasteiger partial charge is 0.484 e. The maximum absolute atomic E-state index is 12.9. The molecule has 6 heteroatoms. The minimum absolute atomic E-state index is 0.0318. The Morgan fingerprint density at radius 1 is 1.08 bits per heavy atom. The molecule has 2 aliphatic rings. The van der Waals surface area contributed by atoms with Gasteiger partial charge in [-0.25, -0.2) is 8.42 Å². The van der Waals surface area contributed by atoms with Gasteiger partial charge in [0.15, 0.2) is 16.4 Å². The second kappa shape index (κ2) is 7.36. The van der Waals surface area contributed by atoms with Gasteiger partial charge >= 0.3 is 0 Å². The van der Waals surface area contributed by atoms with Gasteiger partial charge in [-0.05, 0) is 56.4 Å². The summed E-state index contributed by atoms with van der Waals surface area (Å²) in [6, 6.07) is 5.86. The summed E-state index contributed by atoms with van der Waals surface area (Å²) >= 11 is 0. The van der Waals surface area contributed by atoms with Gasteiger partial charge in [0.1, 0.15) is 5.75 Å². The Labute approximate surface area is 150 Å². The molecule has 0 radical (unpaired) electrons. The van der Waals surface area contributed by atoms with Crippen molar-refractivity contribution in [2.45, 2.75) is 58.0 Å². The molecule has 1 amide bonds. The van der Waals surface area contributed by atoms with Crippen LogP contribution in [-0.2, 0) is 14.6 Å². The van der Waals surface area contributed by atoms with Crippen molar-refractivity contribution in [3.63, 3.8) is 0 Å². The van der Waals surface area contributed by atoms with Gasteiger partial charge in [0.25, 0.3) is 5.91 Å². The Morgan fingerprint density at radius 3 is 2.28 bits per heavy atom. The van der Waals surface area contributed by atoms with E-state index in [2.05, 4.69) is 6.07 Å². The highest BCUT2D eigenvalue weighted by Crippen LogP contribution is 2.29. The molecule has 1 aromatic carbocycles. The molecule has 1 atom stereocenters. The molecule has 0 spiro atoms. The van der Waals surface area contributed by atoms with Crippen molar-refractivity contribution in [1.29, 1.82) is 0 Å². The molecular formula is C19H27NO4S. The van der Waals surface area contributed by atoms with E-state index in [9.17, 15) is 13.2 Å². The predicted octanol–water partition coefficient (Wildman–Crippen LogP) is 2.64. The van der Waals surface area contributed by atoms with Crippen molar-refractivity contribution >= 4 is 15.7 Å². The third-order valence-electron chi connectivity index (χ3n) is 5.17. The fourth-order valence-electron chi connectivity index (χ4n) is 4.12. The Balaban J connectivity index is 1.70. The van der Waals surface area contributed by atoms with Crippen molar-refractivity contribution < 1.29 is 17.9 Å². The number of nitrogens with zero attached hydrogens (tertiary/aromatic N) is 1. The number of hydrogen-bond donors (Lipinski definition) is 0. The minimum Gasteiger partial charge on any atom is -0.484 e. The summed E-state index contributed by atoms with van der Waals surface area (Å²) in [7, 11) is -3.02. The minimum atomic E-state index is -3.02. The molecule has 1 aromatic rings. The molecule has 1 aliphatic carbocycles. The molecular weight excluding hydrogens is 338 g/mol. The van der Waals surface area contributed by atoms with Crippen molar-refractivity contribution in [3.05, 3.63) is 29.3 Å². The van der Waals surface area contributed by atoms with Crippen molar-refractivity contribution in [2.24, 2.45) is 0 Å². The SMILES string of the molecule is Cc1cc(C)cc(OCC(=O)N(C2CCCC2)C2CCS(=O)(=O)C2)c1. The molecule has 0 bridgehead atoms. The summed E-state index contributed by atoms with van der Waals surface area (Å²) in [6.45, 7) is 3.96. The first-order valence-electron chi connectivity index (χ1n) is 9.07. The molecule has 2 fully saturated rings. The van der Waals surface area contributed by atoms with Gasteiger partial charge in [-0.2, -0.15) is 0 Å². The quantitative estimate of drug-likeness (QED) is 0.805. The maximum atomic E-state index is 12.9. The highest BCUT2D eigenvalue weighted by Gasteiger charge is 2.39. The number of benzene rings is 1. The van der Waals surface area contributed by atoms with Gasteiger partial charge in [-0.3, -0.25) is 4.79 Å². The van der Waals surface area contributed by atoms with Crippen molar-refractivity contribution in [1.82, 2.24) is 4.90 Å². The molecule has 1 aliphatic heterocycles. The van der Waals surface area contributed by atoms with Gasteiger partial charge in [0, 0.05) is 12.1 Å². The molecule has 3 rings (SSSR count). The maximum Gasteiger partial charge on any atom is 0.261 e. The molecule has 1 unspecified atom stereocenters. The molecule has 1 saturated heterocycles. The number of hydrogen-bond acceptors (Lipinski definition) is 4. The van der Waals surface area contributed by atoms with Crippen LogP contribution in [0.5, 0.6) is 5.75 Å². The second-order valence-corrected chi connectivity index (χ2v) is 9.64. The lowest BCUT2D eigenvalue weighted by Gasteiger charge is -2.34. The van der Waals surface area contributed by atoms with Crippen LogP contribution >= 0.6 is 0 Å². The smallest absolute Gasteiger partial charge is 0.261 e. The summed E-state index contributed by atoms with van der Waals surface area (Å²) < 4.78 is 29.5. The fraction of sp³-hybridized carbons (Fsp3) is 0.632. The van der Waals surface area contributed by atoms with Gasteiger partial charge in [0.2, 0.25) is 0 Å². The van der Waals surface area contributed by atoms with E-state index in [1.807, 2.05) is 30.9 Å². The standard InChI is InChI=1S/C19H27NO4S/c1-14-9-15(2)11-18(10-14)24-12-19(21)20(16-5-3-4-6-16)17-7-8-25(22,23)13-17/h9-11,16-17H,3-8,12-13H2,1-2H3. The number of ether oxygens (including phenoxy) is 1. The van der Waals surface area contributed by atoms with E-state index in [4.69, 9.17) is 4.74 Å². The molecule has 138 valence electrons. The van der Waals surface area contributed by atoms with E-state index in [1.54, 1.807) is 0 Å². The zero-order valence-corrected chi connectivity index (χ0v) is 15.8. The van der Waals surface area contributed by atoms with Crippen LogP contribution in [0, 0.1) is 13.8 Å². The summed E-state index contributed by atoms with van der Waals surface area (Å²) in [6.07, 6.45) is 4.68. The molecule has 0 aromatic heterocycles. The Hall–Kier alpha value is -1.56. The Morgan fingerprint density at radius 2 is 1.72 bits per heavy atom. The lowest BCUT2D eigenvalue weighted by molar-refractivity contribution is -0.137. The molecule has 1 heterocycles. The molecule has 0 N–H and O–H groups in total. The fourth-order valence-corrected chi connectivity index (χ4v) is 5.83. The van der Waals surface area contributed by atoms with Crippen molar-refractivity contribution in [3.8, 4) is 5.75 Å². The number of aryl methyl sites for hydroxylation is 2. The summed E-state index contributed by atoms with van der Waals surface area (Å²) in [5.74, 6) is 0.884. The van der Waals surface area contributed by atoms with E-state index >= 15 is 0 Å². The number of sulfone groups is 1. The first-order valence-corrected chi connectivity index (χ1v) is 10.9. The van der Waals surface area contributed by atoms with Crippen LogP contribution in [0.2, 0.25) is 0 Å². The highest BCUT2D eigenvalue weighted by molar-refractivity contribution is 7.91. The lowest BCUT2D eigenvalue weighted by atomic mass is 10.1. The highest BCUT2D eigenvalue weighted by atomic mass is 32.2. The number of carbonyl (C=O) groups is 1. The van der Waals surface area contributed by atoms with E-state index in [1.165, 1.54) is 0 Å². The summed E-state index contributed by atoms with van der Waals surface area (Å²) in [4.78, 5) is 14.7. The normalized spacial score (nSPS) is 22.9. The van der Waals surface area contributed by atoms with Crippen LogP contribution in [-0.4, -0.2) is 49.4 Å². The zero-order valence-electron chi connectivity index (χ0n) is 15.0. The summed E-state index contributed by atoms with van der Waals surface area (Å²) in [5, 5.41) is 0. The van der Waals surface area contributed by atoms with Crippen molar-refractivity contribution in [2.75, 3.05) is 18.1 Å². The summed E-state index contributed by atoms with van der Waals surface area (Å²) in [5.41, 5.74) is 2.19. The van der Waals surface area contributed by atoms with Gasteiger partial charge in [0.05, 0.1) is 11.5 Å². The first kappa shape index (κ1) is 18.2. The van der Waals surface area contributed by atoms with Crippen LogP contribution in [0.4, 0.5) is 0 Å². The van der Waals surface area contributed by atoms with Gasteiger partial charge in [-0.1, -0.05) is 18.9 Å². The third kappa shape index (κ3) is 4.54. The second-order valence-electron chi connectivity index (χ2n) is 7.41.